The van der Waals surface area contributed by atoms with Crippen molar-refractivity contribution in [2.75, 3.05) is 41.1 Å². The number of Topliss-reactive ketones (excluding diaryl/α,β-unsaturated/α-hetero) is 1. The minimum atomic E-state index is -0.804. The predicted molar refractivity (Wildman–Crippen MR) is 127 cm³/mol. The average Bonchev–Trinajstić information content (AvgIpc) is 3.12. The van der Waals surface area contributed by atoms with Gasteiger partial charge in [0.1, 0.15) is 18.1 Å². The molecule has 0 saturated carbocycles. The van der Waals surface area contributed by atoms with Crippen molar-refractivity contribution in [2.45, 2.75) is 12.5 Å². The van der Waals surface area contributed by atoms with E-state index in [0.29, 0.717) is 48.0 Å². The zero-order valence-electron chi connectivity index (χ0n) is 19.6. The van der Waals surface area contributed by atoms with Crippen LogP contribution < -0.4 is 14.2 Å². The number of carbonyl (C=O) groups is 2. The highest BCUT2D eigenvalue weighted by molar-refractivity contribution is 6.46. The number of hydrogen-bond acceptors (Lipinski definition) is 7. The van der Waals surface area contributed by atoms with Crippen LogP contribution in [-0.4, -0.2) is 62.8 Å². The number of hydrogen-bond donors (Lipinski definition) is 1. The summed E-state index contributed by atoms with van der Waals surface area (Å²) in [6, 6.07) is 11.0. The zero-order chi connectivity index (χ0) is 24.7. The number of aliphatic hydroxyl groups is 1. The Bertz CT molecular complexity index is 1080. The van der Waals surface area contributed by atoms with Crippen LogP contribution in [0.4, 0.5) is 0 Å². The summed E-state index contributed by atoms with van der Waals surface area (Å²) in [6.45, 7) is 4.64. The van der Waals surface area contributed by atoms with Gasteiger partial charge in [-0.3, -0.25) is 9.59 Å². The van der Waals surface area contributed by atoms with Crippen LogP contribution in [-0.2, 0) is 14.3 Å². The topological polar surface area (TPSA) is 94.5 Å². The van der Waals surface area contributed by atoms with E-state index in [9.17, 15) is 14.7 Å². The Morgan fingerprint density at radius 1 is 1.06 bits per heavy atom. The fourth-order valence-electron chi connectivity index (χ4n) is 3.86. The number of ketones is 1. The van der Waals surface area contributed by atoms with E-state index in [-0.39, 0.29) is 17.9 Å². The van der Waals surface area contributed by atoms with Crippen LogP contribution in [0.15, 0.2) is 60.7 Å². The number of rotatable bonds is 11. The summed E-state index contributed by atoms with van der Waals surface area (Å²) in [5, 5.41) is 11.1. The van der Waals surface area contributed by atoms with E-state index in [4.69, 9.17) is 18.9 Å². The fourth-order valence-corrected chi connectivity index (χ4v) is 3.86. The van der Waals surface area contributed by atoms with Gasteiger partial charge in [-0.2, -0.15) is 0 Å². The molecule has 1 atom stereocenters. The van der Waals surface area contributed by atoms with Gasteiger partial charge in [-0.05, 0) is 48.4 Å². The highest BCUT2D eigenvalue weighted by Gasteiger charge is 2.46. The minimum Gasteiger partial charge on any atom is -0.507 e. The molecule has 0 spiro atoms. The minimum absolute atomic E-state index is 0.00870. The summed E-state index contributed by atoms with van der Waals surface area (Å²) < 4.78 is 21.4. The van der Waals surface area contributed by atoms with Crippen LogP contribution >= 0.6 is 0 Å². The van der Waals surface area contributed by atoms with Gasteiger partial charge in [0, 0.05) is 25.8 Å². The van der Waals surface area contributed by atoms with Crippen LogP contribution in [0, 0.1) is 0 Å². The molecule has 2 aromatic carbocycles. The van der Waals surface area contributed by atoms with Crippen molar-refractivity contribution in [2.24, 2.45) is 0 Å². The molecule has 1 aliphatic rings. The summed E-state index contributed by atoms with van der Waals surface area (Å²) in [6.07, 6.45) is 2.15. The Balaban J connectivity index is 2.12. The molecule has 1 N–H and O–H groups in total. The molecule has 8 heteroatoms. The molecule has 0 aromatic heterocycles. The van der Waals surface area contributed by atoms with E-state index in [1.165, 1.54) is 19.1 Å². The van der Waals surface area contributed by atoms with Crippen molar-refractivity contribution < 1.29 is 33.6 Å². The van der Waals surface area contributed by atoms with Crippen LogP contribution in [0.25, 0.3) is 5.76 Å². The molecule has 180 valence electrons. The van der Waals surface area contributed by atoms with Gasteiger partial charge in [0.25, 0.3) is 11.7 Å². The number of aliphatic hydroxyl groups excluding tert-OH is 1. The molecule has 0 bridgehead atoms. The molecule has 3 rings (SSSR count). The molecular weight excluding hydrogens is 438 g/mol. The lowest BCUT2D eigenvalue weighted by atomic mass is 9.95. The van der Waals surface area contributed by atoms with Crippen LogP contribution in [0.1, 0.15) is 23.6 Å². The van der Waals surface area contributed by atoms with Crippen molar-refractivity contribution >= 4 is 17.4 Å². The number of likely N-dealkylation sites (tertiary alicyclic amines) is 1. The number of benzene rings is 2. The average molecular weight is 468 g/mol. The third-order valence-electron chi connectivity index (χ3n) is 5.51. The van der Waals surface area contributed by atoms with Gasteiger partial charge in [-0.15, -0.1) is 0 Å². The Hall–Kier alpha value is -3.78. The zero-order valence-corrected chi connectivity index (χ0v) is 19.6. The standard InChI is InChI=1S/C26H29NO7/c1-5-14-34-20-12-9-18(16-21(20)33-4)23-22(24(28)17-7-10-19(32-3)11-8-17)25(29)26(30)27(23)13-6-15-31-2/h5,7-12,16,23,28H,1,6,13-15H2,2-4H3/t23-/m1/s1. The third kappa shape index (κ3) is 5.07. The summed E-state index contributed by atoms with van der Waals surface area (Å²) in [4.78, 5) is 27.6. The molecule has 1 saturated heterocycles. The van der Waals surface area contributed by atoms with E-state index < -0.39 is 17.7 Å². The summed E-state index contributed by atoms with van der Waals surface area (Å²) in [7, 11) is 4.62. The molecule has 34 heavy (non-hydrogen) atoms. The Morgan fingerprint density at radius 2 is 1.79 bits per heavy atom. The first-order valence-corrected chi connectivity index (χ1v) is 10.8. The fraction of sp³-hybridized carbons (Fsp3) is 0.308. The second kappa shape index (κ2) is 11.4. The monoisotopic (exact) mass is 467 g/mol. The van der Waals surface area contributed by atoms with Gasteiger partial charge >= 0.3 is 0 Å². The van der Waals surface area contributed by atoms with E-state index in [1.54, 1.807) is 55.7 Å². The van der Waals surface area contributed by atoms with Crippen molar-refractivity contribution in [1.82, 2.24) is 4.90 Å². The molecule has 8 nitrogen and oxygen atoms in total. The van der Waals surface area contributed by atoms with Gasteiger partial charge in [0.15, 0.2) is 11.5 Å². The lowest BCUT2D eigenvalue weighted by Crippen LogP contribution is -2.31. The summed E-state index contributed by atoms with van der Waals surface area (Å²) >= 11 is 0. The van der Waals surface area contributed by atoms with Gasteiger partial charge in [0.05, 0.1) is 25.8 Å². The van der Waals surface area contributed by atoms with Crippen molar-refractivity contribution in [1.29, 1.82) is 0 Å². The molecule has 1 fully saturated rings. The Labute approximate surface area is 199 Å². The smallest absolute Gasteiger partial charge is 0.295 e. The maximum Gasteiger partial charge on any atom is 0.295 e. The quantitative estimate of drug-likeness (QED) is 0.177. The second-order valence-electron chi connectivity index (χ2n) is 7.58. The Morgan fingerprint density at radius 3 is 2.41 bits per heavy atom. The molecule has 1 aliphatic heterocycles. The van der Waals surface area contributed by atoms with E-state index in [0.717, 1.165) is 0 Å². The van der Waals surface area contributed by atoms with Gasteiger partial charge in [-0.1, -0.05) is 18.7 Å². The summed E-state index contributed by atoms with van der Waals surface area (Å²) in [5.74, 6) is -0.146. The number of carbonyl (C=O) groups excluding carboxylic acids is 2. The third-order valence-corrected chi connectivity index (χ3v) is 5.51. The molecular formula is C26H29NO7. The van der Waals surface area contributed by atoms with Gasteiger partial charge in [0.2, 0.25) is 0 Å². The van der Waals surface area contributed by atoms with Gasteiger partial charge < -0.3 is 29.0 Å². The lowest BCUT2D eigenvalue weighted by Gasteiger charge is -2.26. The van der Waals surface area contributed by atoms with E-state index in [2.05, 4.69) is 6.58 Å². The summed E-state index contributed by atoms with van der Waals surface area (Å²) in [5.41, 5.74) is 1.02. The molecule has 1 amide bonds. The van der Waals surface area contributed by atoms with Crippen molar-refractivity contribution in [3.63, 3.8) is 0 Å². The number of methoxy groups -OCH3 is 3. The number of amides is 1. The van der Waals surface area contributed by atoms with Crippen molar-refractivity contribution in [3.8, 4) is 17.2 Å². The molecule has 1 heterocycles. The highest BCUT2D eigenvalue weighted by Crippen LogP contribution is 2.42. The first-order valence-electron chi connectivity index (χ1n) is 10.8. The second-order valence-corrected chi connectivity index (χ2v) is 7.58. The van der Waals surface area contributed by atoms with Crippen LogP contribution in [0.3, 0.4) is 0 Å². The normalized spacial score (nSPS) is 17.0. The van der Waals surface area contributed by atoms with Crippen molar-refractivity contribution in [3.05, 3.63) is 71.8 Å². The highest BCUT2D eigenvalue weighted by atomic mass is 16.5. The van der Waals surface area contributed by atoms with Gasteiger partial charge in [-0.25, -0.2) is 0 Å². The molecule has 2 aromatic rings. The molecule has 0 aliphatic carbocycles. The van der Waals surface area contributed by atoms with Crippen LogP contribution in [0.2, 0.25) is 0 Å². The van der Waals surface area contributed by atoms with Crippen LogP contribution in [0.5, 0.6) is 17.2 Å². The predicted octanol–water partition coefficient (Wildman–Crippen LogP) is 3.73. The largest absolute Gasteiger partial charge is 0.507 e. The Kier molecular flexibility index (Phi) is 8.32. The number of nitrogens with zero attached hydrogens (tertiary/aromatic N) is 1. The number of ether oxygens (including phenoxy) is 4. The van der Waals surface area contributed by atoms with E-state index in [1.807, 2.05) is 0 Å². The lowest BCUT2D eigenvalue weighted by molar-refractivity contribution is -0.140. The molecule has 0 unspecified atom stereocenters. The SMILES string of the molecule is C=CCOc1ccc([C@@H]2C(=C(O)c3ccc(OC)cc3)C(=O)C(=O)N2CCCOC)cc1OC. The molecule has 0 radical (unpaired) electrons. The maximum atomic E-state index is 13.1. The first kappa shape index (κ1) is 24.9. The first-order chi connectivity index (χ1) is 16.5. The van der Waals surface area contributed by atoms with E-state index >= 15 is 0 Å². The maximum absolute atomic E-state index is 13.1.